The molecular formula is C21H23N3O6. The molecule has 0 radical (unpaired) electrons. The molecule has 0 saturated heterocycles. The first-order valence-electron chi connectivity index (χ1n) is 9.22. The molecule has 2 heterocycles. The van der Waals surface area contributed by atoms with Gasteiger partial charge in [0.2, 0.25) is 0 Å². The Balaban J connectivity index is 1.75. The fourth-order valence-corrected chi connectivity index (χ4v) is 2.84. The van der Waals surface area contributed by atoms with Crippen LogP contribution in [0.4, 0.5) is 0 Å². The van der Waals surface area contributed by atoms with Crippen molar-refractivity contribution < 1.29 is 29.5 Å². The van der Waals surface area contributed by atoms with Gasteiger partial charge in [0.05, 0.1) is 12.3 Å². The number of aryl methyl sites for hydroxylation is 1. The molecule has 9 nitrogen and oxygen atoms in total. The summed E-state index contributed by atoms with van der Waals surface area (Å²) in [5.74, 6) is -0.833. The van der Waals surface area contributed by atoms with E-state index in [1.54, 1.807) is 6.20 Å². The third-order valence-electron chi connectivity index (χ3n) is 4.79. The minimum atomic E-state index is -1.87. The lowest BCUT2D eigenvalue weighted by atomic mass is 9.95. The number of pyridine rings is 1. The van der Waals surface area contributed by atoms with Gasteiger partial charge in [-0.3, -0.25) is 15.0 Å². The lowest BCUT2D eigenvalue weighted by Gasteiger charge is -2.31. The number of hydrogen-bond donors (Lipinski definition) is 4. The highest BCUT2D eigenvalue weighted by atomic mass is 16.5. The van der Waals surface area contributed by atoms with Gasteiger partial charge in [0.25, 0.3) is 5.91 Å². The maximum Gasteiger partial charge on any atom is 0.278 e. The molecule has 2 atom stereocenters. The maximum absolute atomic E-state index is 12.3. The van der Waals surface area contributed by atoms with E-state index in [1.807, 2.05) is 43.3 Å². The van der Waals surface area contributed by atoms with Crippen molar-refractivity contribution in [2.45, 2.75) is 38.8 Å². The minimum Gasteiger partial charge on any atom is -0.388 e. The molecule has 3 rings (SSSR count). The largest absolute Gasteiger partial charge is 0.388 e. The summed E-state index contributed by atoms with van der Waals surface area (Å²) >= 11 is 0. The van der Waals surface area contributed by atoms with E-state index in [9.17, 15) is 9.90 Å². The second-order valence-corrected chi connectivity index (χ2v) is 7.03. The molecule has 1 aromatic carbocycles. The zero-order valence-electron chi connectivity index (χ0n) is 16.6. The summed E-state index contributed by atoms with van der Waals surface area (Å²) in [4.78, 5) is 16.6. The number of amides is 1. The van der Waals surface area contributed by atoms with E-state index in [0.717, 1.165) is 22.4 Å². The van der Waals surface area contributed by atoms with Crippen LogP contribution in [-0.4, -0.2) is 37.1 Å². The molecule has 0 saturated carbocycles. The maximum atomic E-state index is 12.3. The van der Waals surface area contributed by atoms with Crippen molar-refractivity contribution in [3.8, 4) is 11.3 Å². The molecule has 2 aromatic heterocycles. The van der Waals surface area contributed by atoms with Crippen LogP contribution in [0.1, 0.15) is 35.6 Å². The summed E-state index contributed by atoms with van der Waals surface area (Å²) in [6.45, 7) is 2.86. The second kappa shape index (κ2) is 9.14. The van der Waals surface area contributed by atoms with Crippen LogP contribution in [0.15, 0.2) is 53.2 Å². The van der Waals surface area contributed by atoms with Gasteiger partial charge in [-0.25, -0.2) is 5.48 Å². The van der Waals surface area contributed by atoms with E-state index in [-0.39, 0.29) is 18.1 Å². The van der Waals surface area contributed by atoms with Crippen LogP contribution in [0.2, 0.25) is 0 Å². The van der Waals surface area contributed by atoms with Crippen LogP contribution < -0.4 is 5.48 Å². The van der Waals surface area contributed by atoms with Crippen LogP contribution in [0, 0.1) is 6.92 Å². The third-order valence-corrected chi connectivity index (χ3v) is 4.79. The number of hydrogen-bond acceptors (Lipinski definition) is 8. The van der Waals surface area contributed by atoms with Crippen LogP contribution in [-0.2, 0) is 22.7 Å². The van der Waals surface area contributed by atoms with Crippen LogP contribution in [0.5, 0.6) is 0 Å². The van der Waals surface area contributed by atoms with Gasteiger partial charge in [0.15, 0.2) is 11.4 Å². The molecule has 0 aliphatic rings. The molecule has 4 N–H and O–H groups in total. The van der Waals surface area contributed by atoms with Crippen molar-refractivity contribution in [2.24, 2.45) is 0 Å². The predicted octanol–water partition coefficient (Wildman–Crippen LogP) is 2.05. The minimum absolute atomic E-state index is 0.00839. The number of aromatic nitrogens is 2. The smallest absolute Gasteiger partial charge is 0.278 e. The van der Waals surface area contributed by atoms with Crippen LogP contribution in [0.25, 0.3) is 11.3 Å². The monoisotopic (exact) mass is 413 g/mol. The van der Waals surface area contributed by atoms with Crippen molar-refractivity contribution in [1.29, 1.82) is 0 Å². The summed E-state index contributed by atoms with van der Waals surface area (Å²) in [6, 6.07) is 12.6. The average Bonchev–Trinajstić information content (AvgIpc) is 3.26. The molecule has 0 aliphatic heterocycles. The Kier molecular flexibility index (Phi) is 6.58. The highest BCUT2D eigenvalue weighted by molar-refractivity contribution is 5.84. The summed E-state index contributed by atoms with van der Waals surface area (Å²) < 4.78 is 10.6. The van der Waals surface area contributed by atoms with Gasteiger partial charge in [-0.05, 0) is 31.0 Å². The molecule has 3 aromatic rings. The Bertz CT molecular complexity index is 987. The van der Waals surface area contributed by atoms with Crippen molar-refractivity contribution >= 4 is 5.91 Å². The molecule has 30 heavy (non-hydrogen) atoms. The van der Waals surface area contributed by atoms with Gasteiger partial charge >= 0.3 is 0 Å². The Labute approximate surface area is 172 Å². The van der Waals surface area contributed by atoms with Gasteiger partial charge in [-0.2, -0.15) is 0 Å². The van der Waals surface area contributed by atoms with Crippen molar-refractivity contribution in [3.05, 3.63) is 71.2 Å². The summed E-state index contributed by atoms with van der Waals surface area (Å²) in [6.07, 6.45) is 0.239. The predicted molar refractivity (Wildman–Crippen MR) is 105 cm³/mol. The van der Waals surface area contributed by atoms with Crippen molar-refractivity contribution in [3.63, 3.8) is 0 Å². The van der Waals surface area contributed by atoms with Gasteiger partial charge in [0.1, 0.15) is 18.4 Å². The lowest BCUT2D eigenvalue weighted by molar-refractivity contribution is -0.174. The molecule has 0 aliphatic carbocycles. The van der Waals surface area contributed by atoms with E-state index < -0.39 is 24.2 Å². The van der Waals surface area contributed by atoms with E-state index in [0.29, 0.717) is 0 Å². The number of ether oxygens (including phenoxy) is 1. The van der Waals surface area contributed by atoms with Gasteiger partial charge in [-0.1, -0.05) is 35.5 Å². The molecule has 9 heteroatoms. The number of nitrogens with zero attached hydrogens (tertiary/aromatic N) is 2. The highest BCUT2D eigenvalue weighted by Crippen LogP contribution is 2.31. The number of carbonyl (C=O) groups is 1. The summed E-state index contributed by atoms with van der Waals surface area (Å²) in [5.41, 5.74) is 3.20. The number of carbonyl (C=O) groups excluding carboxylic acids is 1. The third kappa shape index (κ3) is 4.55. The Morgan fingerprint density at radius 2 is 2.00 bits per heavy atom. The standard InChI is InChI=1S/C21H23N3O6/c1-13-3-8-17(22-10-13)15-6-4-14(5-7-15)12-29-21(2,20(27)23-28)19(26)18-9-16(11-25)30-24-18/h3-10,19,25-26,28H,11-12H2,1-2H3,(H,23,27). The Hall–Kier alpha value is -3.11. The second-order valence-electron chi connectivity index (χ2n) is 7.03. The van der Waals surface area contributed by atoms with Crippen molar-refractivity contribution in [2.75, 3.05) is 0 Å². The molecular weight excluding hydrogens is 390 g/mol. The van der Waals surface area contributed by atoms with Crippen LogP contribution >= 0.6 is 0 Å². The topological polar surface area (TPSA) is 138 Å². The van der Waals surface area contributed by atoms with Gasteiger partial charge in [0, 0.05) is 17.8 Å². The summed E-state index contributed by atoms with van der Waals surface area (Å²) in [7, 11) is 0. The molecule has 158 valence electrons. The van der Waals surface area contributed by atoms with E-state index >= 15 is 0 Å². The van der Waals surface area contributed by atoms with Crippen LogP contribution in [0.3, 0.4) is 0 Å². The normalized spacial score (nSPS) is 14.2. The molecule has 0 bridgehead atoms. The highest BCUT2D eigenvalue weighted by Gasteiger charge is 2.44. The Morgan fingerprint density at radius 1 is 1.27 bits per heavy atom. The summed E-state index contributed by atoms with van der Waals surface area (Å²) in [5, 5.41) is 32.5. The first-order chi connectivity index (χ1) is 14.4. The molecule has 0 fully saturated rings. The number of aliphatic hydroxyl groups is 2. The van der Waals surface area contributed by atoms with E-state index in [2.05, 4.69) is 10.1 Å². The average molecular weight is 413 g/mol. The zero-order valence-corrected chi connectivity index (χ0v) is 16.6. The lowest BCUT2D eigenvalue weighted by Crippen LogP contribution is -2.50. The quantitative estimate of drug-likeness (QED) is 0.325. The first-order valence-corrected chi connectivity index (χ1v) is 9.22. The number of nitrogens with one attached hydrogen (secondary N) is 1. The molecule has 1 amide bonds. The van der Waals surface area contributed by atoms with Crippen molar-refractivity contribution in [1.82, 2.24) is 15.6 Å². The number of benzene rings is 1. The molecule has 0 spiro atoms. The zero-order chi connectivity index (χ0) is 21.7. The first kappa shape index (κ1) is 21.6. The van der Waals surface area contributed by atoms with Gasteiger partial charge < -0.3 is 19.5 Å². The Morgan fingerprint density at radius 3 is 2.57 bits per heavy atom. The van der Waals surface area contributed by atoms with E-state index in [1.165, 1.54) is 18.5 Å². The van der Waals surface area contributed by atoms with E-state index in [4.69, 9.17) is 19.6 Å². The number of rotatable bonds is 8. The fraction of sp³-hybridized carbons (Fsp3) is 0.286. The SMILES string of the molecule is Cc1ccc(-c2ccc(COC(C)(C(=O)NO)C(O)c3cc(CO)on3)cc2)nc1. The molecule has 2 unspecified atom stereocenters. The number of aliphatic hydroxyl groups excluding tert-OH is 2. The fourth-order valence-electron chi connectivity index (χ4n) is 2.84. The van der Waals surface area contributed by atoms with Gasteiger partial charge in [-0.15, -0.1) is 0 Å². The number of hydroxylamine groups is 1.